The summed E-state index contributed by atoms with van der Waals surface area (Å²) in [7, 11) is 0. The number of hydrogen-bond donors (Lipinski definition) is 2. The largest absolute Gasteiger partial charge is 0.455 e. The van der Waals surface area contributed by atoms with Crippen LogP contribution in [0, 0.1) is 11.8 Å². The Bertz CT molecular complexity index is 1520. The SMILES string of the molecule is C=CCCC(=O)NC[C@H](OC(=O)[C@H]1[C@@H]2O[C@@]3(CC2Br)[C@@H]1C(=O)N([C@@H](CC)CO)[C@@H]3C(=O)N(CC=C)c1ccc(Cl)cc1)c1ccccc1. The first-order valence-corrected chi connectivity index (χ1v) is 17.5. The van der Waals surface area contributed by atoms with Crippen LogP contribution in [0.25, 0.3) is 0 Å². The Balaban J connectivity index is 1.50. The predicted octanol–water partition coefficient (Wildman–Crippen LogP) is 4.74. The molecule has 1 spiro atoms. The average molecular weight is 743 g/mol. The lowest BCUT2D eigenvalue weighted by Crippen LogP contribution is -2.59. The quantitative estimate of drug-likeness (QED) is 0.154. The van der Waals surface area contributed by atoms with Gasteiger partial charge in [-0.2, -0.15) is 0 Å². The molecule has 0 aromatic heterocycles. The summed E-state index contributed by atoms with van der Waals surface area (Å²) < 4.78 is 12.8. The number of halogens is 2. The third-order valence-corrected chi connectivity index (χ3v) is 10.6. The molecule has 2 aromatic carbocycles. The number of rotatable bonds is 15. The van der Waals surface area contributed by atoms with Crippen LogP contribution >= 0.6 is 27.5 Å². The zero-order valence-electron chi connectivity index (χ0n) is 26.8. The first kappa shape index (κ1) is 35.8. The van der Waals surface area contributed by atoms with Crippen molar-refractivity contribution in [2.24, 2.45) is 11.8 Å². The van der Waals surface area contributed by atoms with E-state index in [0.29, 0.717) is 29.1 Å². The Hall–Kier alpha value is -3.51. The maximum absolute atomic E-state index is 14.7. The Labute approximate surface area is 294 Å². The monoisotopic (exact) mass is 741 g/mol. The highest BCUT2D eigenvalue weighted by atomic mass is 79.9. The normalized spacial score (nSPS) is 26.8. The molecule has 3 aliphatic heterocycles. The first-order chi connectivity index (χ1) is 23.1. The van der Waals surface area contributed by atoms with Gasteiger partial charge in [-0.05, 0) is 49.1 Å². The number of carbonyl (C=O) groups is 4. The minimum absolute atomic E-state index is 0.0265. The number of ether oxygens (including phenoxy) is 2. The lowest BCUT2D eigenvalue weighted by molar-refractivity contribution is -0.160. The van der Waals surface area contributed by atoms with Gasteiger partial charge in [0.25, 0.3) is 5.91 Å². The Morgan fingerprint density at radius 3 is 2.52 bits per heavy atom. The molecule has 0 saturated carbocycles. The smallest absolute Gasteiger partial charge is 0.313 e. The van der Waals surface area contributed by atoms with Gasteiger partial charge in [0.2, 0.25) is 11.8 Å². The van der Waals surface area contributed by atoms with E-state index in [1.54, 1.807) is 48.6 Å². The minimum atomic E-state index is -1.37. The molecule has 2 aromatic rings. The molecule has 256 valence electrons. The highest BCUT2D eigenvalue weighted by Gasteiger charge is 2.77. The molecule has 10 nitrogen and oxygen atoms in total. The number of likely N-dealkylation sites (tertiary alicyclic amines) is 1. The lowest BCUT2D eigenvalue weighted by atomic mass is 9.70. The van der Waals surface area contributed by atoms with Gasteiger partial charge in [0.05, 0.1) is 37.1 Å². The van der Waals surface area contributed by atoms with Gasteiger partial charge in [0.15, 0.2) is 0 Å². The first-order valence-electron chi connectivity index (χ1n) is 16.2. The third-order valence-electron chi connectivity index (χ3n) is 9.51. The molecule has 3 amide bonds. The number of alkyl halides is 1. The van der Waals surface area contributed by atoms with Gasteiger partial charge >= 0.3 is 5.97 Å². The molecule has 0 radical (unpaired) electrons. The van der Waals surface area contributed by atoms with Gasteiger partial charge < -0.3 is 29.7 Å². The summed E-state index contributed by atoms with van der Waals surface area (Å²) in [6.45, 7) is 9.10. The van der Waals surface area contributed by atoms with Gasteiger partial charge in [-0.3, -0.25) is 19.2 Å². The molecule has 3 fully saturated rings. The minimum Gasteiger partial charge on any atom is -0.455 e. The molecule has 3 heterocycles. The summed E-state index contributed by atoms with van der Waals surface area (Å²) in [5.41, 5.74) is -0.147. The van der Waals surface area contributed by atoms with Crippen molar-refractivity contribution in [3.8, 4) is 0 Å². The van der Waals surface area contributed by atoms with Crippen molar-refractivity contribution < 1.29 is 33.8 Å². The van der Waals surface area contributed by atoms with Crippen LogP contribution in [0.3, 0.4) is 0 Å². The third kappa shape index (κ3) is 6.70. The topological polar surface area (TPSA) is 125 Å². The summed E-state index contributed by atoms with van der Waals surface area (Å²) >= 11 is 9.84. The van der Waals surface area contributed by atoms with Crippen molar-refractivity contribution in [1.29, 1.82) is 0 Å². The second-order valence-electron chi connectivity index (χ2n) is 12.3. The molecule has 0 aliphatic carbocycles. The van der Waals surface area contributed by atoms with Gasteiger partial charge in [0, 0.05) is 28.5 Å². The summed E-state index contributed by atoms with van der Waals surface area (Å²) in [5, 5.41) is 13.8. The number of aliphatic hydroxyl groups excluding tert-OH is 1. The standard InChI is InChI=1S/C36H41BrClN3O7/c1-4-7-13-28(43)39-20-27(22-11-9-8-10-12-22)47-35(46)29-30-33(44)41(24(6-3)21-42)32(36(30)19-26(37)31(29)48-36)34(45)40(18-5-2)25-16-14-23(38)15-17-25/h4-5,8-12,14-17,24,26-27,29-32,42H,1-2,6-7,13,18-21H2,3H3,(H,39,43)/t24-,26?,27-,29+,30-,31+,32+,36-/m0/s1. The second kappa shape index (κ2) is 15.4. The number of amides is 3. The van der Waals surface area contributed by atoms with Crippen LogP contribution in [0.4, 0.5) is 5.69 Å². The molecular weight excluding hydrogens is 702 g/mol. The van der Waals surface area contributed by atoms with Gasteiger partial charge in [-0.1, -0.05) is 76.9 Å². The number of allylic oxidation sites excluding steroid dienone is 1. The number of hydrogen-bond acceptors (Lipinski definition) is 7. The summed E-state index contributed by atoms with van der Waals surface area (Å²) in [5.74, 6) is -3.81. The number of benzene rings is 2. The molecule has 5 rings (SSSR count). The van der Waals surface area contributed by atoms with E-state index in [-0.39, 0.29) is 43.3 Å². The van der Waals surface area contributed by atoms with Crippen molar-refractivity contribution in [3.63, 3.8) is 0 Å². The Kier molecular flexibility index (Phi) is 11.5. The van der Waals surface area contributed by atoms with E-state index < -0.39 is 59.5 Å². The highest BCUT2D eigenvalue weighted by molar-refractivity contribution is 9.09. The summed E-state index contributed by atoms with van der Waals surface area (Å²) in [4.78, 5) is 58.5. The van der Waals surface area contributed by atoms with E-state index in [1.165, 1.54) is 9.80 Å². The van der Waals surface area contributed by atoms with Crippen LogP contribution in [0.1, 0.15) is 44.3 Å². The number of esters is 1. The summed E-state index contributed by atoms with van der Waals surface area (Å²) in [6.07, 6.45) is 3.07. The summed E-state index contributed by atoms with van der Waals surface area (Å²) in [6, 6.07) is 14.0. The fourth-order valence-corrected chi connectivity index (χ4v) is 8.35. The maximum Gasteiger partial charge on any atom is 0.313 e. The molecular formula is C36H41BrClN3O7. The van der Waals surface area contributed by atoms with E-state index in [0.717, 1.165) is 0 Å². The van der Waals surface area contributed by atoms with Crippen LogP contribution in [0.5, 0.6) is 0 Å². The fraction of sp³-hybridized carbons (Fsp3) is 0.444. The molecule has 8 atom stereocenters. The van der Waals surface area contributed by atoms with Crippen molar-refractivity contribution in [2.75, 3.05) is 24.6 Å². The predicted molar refractivity (Wildman–Crippen MR) is 185 cm³/mol. The van der Waals surface area contributed by atoms with E-state index in [1.807, 2.05) is 25.1 Å². The van der Waals surface area contributed by atoms with Crippen LogP contribution < -0.4 is 10.2 Å². The van der Waals surface area contributed by atoms with Gasteiger partial charge in [0.1, 0.15) is 17.7 Å². The Morgan fingerprint density at radius 2 is 1.90 bits per heavy atom. The molecule has 12 heteroatoms. The zero-order valence-corrected chi connectivity index (χ0v) is 29.1. The van der Waals surface area contributed by atoms with Crippen molar-refractivity contribution in [2.45, 2.75) is 67.3 Å². The molecule has 2 bridgehead atoms. The number of carbonyl (C=O) groups excluding carboxylic acids is 4. The lowest BCUT2D eigenvalue weighted by Gasteiger charge is -2.39. The molecule has 2 N–H and O–H groups in total. The van der Waals surface area contributed by atoms with E-state index in [9.17, 15) is 24.3 Å². The van der Waals surface area contributed by atoms with E-state index in [4.69, 9.17) is 21.1 Å². The van der Waals surface area contributed by atoms with Gasteiger partial charge in [-0.25, -0.2) is 0 Å². The van der Waals surface area contributed by atoms with E-state index in [2.05, 4.69) is 34.4 Å². The van der Waals surface area contributed by atoms with Gasteiger partial charge in [-0.15, -0.1) is 13.2 Å². The number of aliphatic hydroxyl groups is 1. The van der Waals surface area contributed by atoms with Crippen LogP contribution in [-0.2, 0) is 28.7 Å². The highest BCUT2D eigenvalue weighted by Crippen LogP contribution is 2.61. The van der Waals surface area contributed by atoms with Crippen LogP contribution in [0.15, 0.2) is 79.9 Å². The zero-order chi connectivity index (χ0) is 34.6. The fourth-order valence-electron chi connectivity index (χ4n) is 7.29. The van der Waals surface area contributed by atoms with Crippen LogP contribution in [-0.4, -0.2) is 82.0 Å². The van der Waals surface area contributed by atoms with Crippen molar-refractivity contribution >= 4 is 56.9 Å². The van der Waals surface area contributed by atoms with Crippen molar-refractivity contribution in [3.05, 3.63) is 90.5 Å². The molecule has 3 aliphatic rings. The number of nitrogens with one attached hydrogen (secondary N) is 1. The van der Waals surface area contributed by atoms with Crippen LogP contribution in [0.2, 0.25) is 5.02 Å². The number of anilines is 1. The Morgan fingerprint density at radius 1 is 1.19 bits per heavy atom. The molecule has 48 heavy (non-hydrogen) atoms. The second-order valence-corrected chi connectivity index (χ2v) is 13.9. The molecule has 3 saturated heterocycles. The van der Waals surface area contributed by atoms with Crippen molar-refractivity contribution in [1.82, 2.24) is 10.2 Å². The molecule has 1 unspecified atom stereocenters. The number of fused-ring (bicyclic) bond motifs is 1. The average Bonchev–Trinajstić information content (AvgIpc) is 3.69. The van der Waals surface area contributed by atoms with E-state index >= 15 is 0 Å². The maximum atomic E-state index is 14.7. The number of nitrogens with zero attached hydrogens (tertiary/aromatic N) is 2.